The Bertz CT molecular complexity index is 1100. The highest BCUT2D eigenvalue weighted by atomic mass is 79.9. The first-order valence-corrected chi connectivity index (χ1v) is 14.7. The molecular weight excluding hydrogens is 562 g/mol. The van der Waals surface area contributed by atoms with E-state index in [0.29, 0.717) is 18.7 Å². The molecule has 0 aromatic heterocycles. The summed E-state index contributed by atoms with van der Waals surface area (Å²) in [7, 11) is 0. The van der Waals surface area contributed by atoms with Gasteiger partial charge >= 0.3 is 0 Å². The molecule has 1 spiro atoms. The van der Waals surface area contributed by atoms with Crippen molar-refractivity contribution < 1.29 is 24.2 Å². The Balaban J connectivity index is 1.80. The third kappa shape index (κ3) is 4.87. The second kappa shape index (κ2) is 11.9. The monoisotopic (exact) mass is 601 g/mol. The molecule has 8 atom stereocenters. The Hall–Kier alpha value is -2.49. The van der Waals surface area contributed by atoms with Crippen LogP contribution in [-0.2, 0) is 19.1 Å². The molecular formula is C30H40BrN3O5. The molecule has 39 heavy (non-hydrogen) atoms. The molecule has 0 radical (unpaired) electrons. The van der Waals surface area contributed by atoms with Gasteiger partial charge in [-0.3, -0.25) is 14.4 Å². The van der Waals surface area contributed by atoms with Crippen molar-refractivity contribution in [1.82, 2.24) is 9.80 Å². The summed E-state index contributed by atoms with van der Waals surface area (Å²) in [5, 5.41) is 10.1. The number of carbonyl (C=O) groups is 3. The van der Waals surface area contributed by atoms with Gasteiger partial charge in [-0.05, 0) is 38.8 Å². The molecule has 1 N–H and O–H groups in total. The van der Waals surface area contributed by atoms with Crippen LogP contribution in [0.15, 0.2) is 55.6 Å². The number of hydrogen-bond acceptors (Lipinski definition) is 5. The van der Waals surface area contributed by atoms with Crippen LogP contribution < -0.4 is 4.90 Å². The van der Waals surface area contributed by atoms with E-state index in [9.17, 15) is 19.5 Å². The average molecular weight is 603 g/mol. The molecule has 2 bridgehead atoms. The Labute approximate surface area is 239 Å². The Morgan fingerprint density at radius 2 is 1.87 bits per heavy atom. The third-order valence-corrected chi connectivity index (χ3v) is 9.32. The highest BCUT2D eigenvalue weighted by Crippen LogP contribution is 2.61. The van der Waals surface area contributed by atoms with Gasteiger partial charge in [0.25, 0.3) is 0 Å². The molecule has 3 aliphatic heterocycles. The van der Waals surface area contributed by atoms with Gasteiger partial charge in [0.2, 0.25) is 17.7 Å². The highest BCUT2D eigenvalue weighted by Gasteiger charge is 2.77. The maximum Gasteiger partial charge on any atom is 0.248 e. The fraction of sp³-hybridized carbons (Fsp3) is 0.567. The zero-order valence-electron chi connectivity index (χ0n) is 23.0. The number of alkyl halides is 1. The molecule has 4 rings (SSSR count). The number of halogens is 1. The second-order valence-electron chi connectivity index (χ2n) is 10.9. The number of rotatable bonds is 12. The first-order valence-electron chi connectivity index (χ1n) is 13.8. The molecule has 1 aromatic carbocycles. The fourth-order valence-corrected chi connectivity index (χ4v) is 7.73. The summed E-state index contributed by atoms with van der Waals surface area (Å²) < 4.78 is 6.65. The van der Waals surface area contributed by atoms with Gasteiger partial charge in [-0.2, -0.15) is 0 Å². The van der Waals surface area contributed by atoms with E-state index in [-0.39, 0.29) is 41.7 Å². The van der Waals surface area contributed by atoms with E-state index < -0.39 is 35.6 Å². The van der Waals surface area contributed by atoms with Crippen LogP contribution in [0.3, 0.4) is 0 Å². The number of carbonyl (C=O) groups excluding carboxylic acids is 3. The number of fused-ring (bicyclic) bond motifs is 1. The van der Waals surface area contributed by atoms with Gasteiger partial charge in [0.1, 0.15) is 11.6 Å². The number of anilines is 1. The number of para-hydroxylation sites is 1. The van der Waals surface area contributed by atoms with Crippen LogP contribution in [0.2, 0.25) is 0 Å². The topological polar surface area (TPSA) is 90.4 Å². The number of ether oxygens (including phenoxy) is 1. The van der Waals surface area contributed by atoms with E-state index in [2.05, 4.69) is 36.0 Å². The van der Waals surface area contributed by atoms with Crippen LogP contribution >= 0.6 is 15.9 Å². The molecule has 0 aliphatic carbocycles. The molecule has 4 unspecified atom stereocenters. The molecule has 3 aliphatic rings. The predicted octanol–water partition coefficient (Wildman–Crippen LogP) is 3.54. The summed E-state index contributed by atoms with van der Waals surface area (Å²) >= 11 is 3.74. The van der Waals surface area contributed by atoms with E-state index in [4.69, 9.17) is 4.74 Å². The molecule has 1 aromatic rings. The molecule has 3 saturated heterocycles. The predicted molar refractivity (Wildman–Crippen MR) is 154 cm³/mol. The molecule has 9 heteroatoms. The first kappa shape index (κ1) is 29.5. The lowest BCUT2D eigenvalue weighted by Gasteiger charge is -2.40. The summed E-state index contributed by atoms with van der Waals surface area (Å²) in [6.45, 7) is 13.8. The summed E-state index contributed by atoms with van der Waals surface area (Å²) in [6.07, 6.45) is 4.89. The van der Waals surface area contributed by atoms with E-state index in [0.717, 1.165) is 12.8 Å². The molecule has 3 heterocycles. The van der Waals surface area contributed by atoms with Crippen molar-refractivity contribution in [3.8, 4) is 0 Å². The normalized spacial score (nSPS) is 30.5. The lowest BCUT2D eigenvalue weighted by atomic mass is 9.70. The Kier molecular flexibility index (Phi) is 9.03. The van der Waals surface area contributed by atoms with E-state index in [1.165, 1.54) is 4.90 Å². The molecule has 3 amide bonds. The zero-order chi connectivity index (χ0) is 28.5. The van der Waals surface area contributed by atoms with Crippen molar-refractivity contribution in [2.45, 2.75) is 74.7 Å². The minimum Gasteiger partial charge on any atom is -0.394 e. The zero-order valence-corrected chi connectivity index (χ0v) is 24.6. The maximum absolute atomic E-state index is 14.4. The van der Waals surface area contributed by atoms with Crippen LogP contribution in [0, 0.1) is 11.8 Å². The van der Waals surface area contributed by atoms with Gasteiger partial charge in [0.15, 0.2) is 0 Å². The van der Waals surface area contributed by atoms with Gasteiger partial charge in [-0.1, -0.05) is 59.6 Å². The van der Waals surface area contributed by atoms with Gasteiger partial charge < -0.3 is 24.5 Å². The summed E-state index contributed by atoms with van der Waals surface area (Å²) in [6, 6.07) is 7.64. The van der Waals surface area contributed by atoms with Crippen LogP contribution in [-0.4, -0.2) is 87.0 Å². The number of likely N-dealkylation sites (tertiary alicyclic amines) is 1. The average Bonchev–Trinajstić information content (AvgIpc) is 3.53. The number of aliphatic hydroxyl groups is 1. The van der Waals surface area contributed by atoms with Crippen molar-refractivity contribution in [1.29, 1.82) is 0 Å². The molecule has 0 saturated carbocycles. The molecule has 3 fully saturated rings. The van der Waals surface area contributed by atoms with Gasteiger partial charge in [0, 0.05) is 29.6 Å². The Morgan fingerprint density at radius 3 is 2.46 bits per heavy atom. The summed E-state index contributed by atoms with van der Waals surface area (Å²) in [5.41, 5.74) is -0.479. The van der Waals surface area contributed by atoms with Crippen molar-refractivity contribution >= 4 is 39.3 Å². The smallest absolute Gasteiger partial charge is 0.248 e. The van der Waals surface area contributed by atoms with Crippen molar-refractivity contribution in [2.24, 2.45) is 11.8 Å². The SMILES string of the molecule is C=CCN(C(=O)[C@H]1[C@H]2C(=O)N([C@H](C)CO)C(C(=O)N(CC=C)C(C)CCC)C23CC(Br)[C@@H]1O3)c1ccccc1. The lowest BCUT2D eigenvalue weighted by molar-refractivity contribution is -0.152. The third-order valence-electron chi connectivity index (χ3n) is 8.48. The number of hydrogen-bond donors (Lipinski definition) is 1. The molecule has 8 nitrogen and oxygen atoms in total. The van der Waals surface area contributed by atoms with Crippen molar-refractivity contribution in [3.63, 3.8) is 0 Å². The largest absolute Gasteiger partial charge is 0.394 e. The van der Waals surface area contributed by atoms with E-state index in [1.54, 1.807) is 28.9 Å². The number of aliphatic hydroxyl groups excluding tert-OH is 1. The highest BCUT2D eigenvalue weighted by molar-refractivity contribution is 9.09. The van der Waals surface area contributed by atoms with Crippen LogP contribution in [0.25, 0.3) is 0 Å². The minimum absolute atomic E-state index is 0.0747. The van der Waals surface area contributed by atoms with Crippen molar-refractivity contribution in [3.05, 3.63) is 55.6 Å². The standard InChI is InChI=1S/C30H40BrN3O5/c1-6-12-19(4)32(15-7-2)29(38)26-30-17-22(31)25(39-30)23(24(30)28(37)34(26)20(5)18-35)27(36)33(16-8-3)21-13-10-9-11-14-21/h7-11,13-14,19-20,22-26,35H,2-3,6,12,15-18H2,1,4-5H3/t19?,20-,22?,23+,24+,25+,26?,30?/m1/s1. The lowest BCUT2D eigenvalue weighted by Crippen LogP contribution is -2.60. The Morgan fingerprint density at radius 1 is 1.21 bits per heavy atom. The van der Waals surface area contributed by atoms with Crippen LogP contribution in [0.5, 0.6) is 0 Å². The van der Waals surface area contributed by atoms with Gasteiger partial charge in [-0.25, -0.2) is 0 Å². The maximum atomic E-state index is 14.4. The first-order chi connectivity index (χ1) is 18.7. The second-order valence-corrected chi connectivity index (χ2v) is 12.1. The van der Waals surface area contributed by atoms with Crippen LogP contribution in [0.1, 0.15) is 40.0 Å². The fourth-order valence-electron chi connectivity index (χ4n) is 6.79. The summed E-state index contributed by atoms with van der Waals surface area (Å²) in [5.74, 6) is -2.41. The van der Waals surface area contributed by atoms with Gasteiger partial charge in [-0.15, -0.1) is 13.2 Å². The van der Waals surface area contributed by atoms with E-state index in [1.807, 2.05) is 37.3 Å². The molecule has 212 valence electrons. The number of nitrogens with zero attached hydrogens (tertiary/aromatic N) is 3. The quantitative estimate of drug-likeness (QED) is 0.292. The van der Waals surface area contributed by atoms with Gasteiger partial charge in [0.05, 0.1) is 30.6 Å². The number of benzene rings is 1. The van der Waals surface area contributed by atoms with Crippen molar-refractivity contribution in [2.75, 3.05) is 24.6 Å². The summed E-state index contributed by atoms with van der Waals surface area (Å²) in [4.78, 5) is 47.6. The van der Waals surface area contributed by atoms with Crippen LogP contribution in [0.4, 0.5) is 5.69 Å². The number of amides is 3. The van der Waals surface area contributed by atoms with E-state index >= 15 is 0 Å². The minimum atomic E-state index is -1.18.